The van der Waals surface area contributed by atoms with E-state index in [0.29, 0.717) is 32.7 Å². The molecule has 1 unspecified atom stereocenters. The highest BCUT2D eigenvalue weighted by atomic mass is 16.6. The molecule has 1 atom stereocenters. The number of hydrogen-bond donors (Lipinski definition) is 0. The molecule has 2 aromatic rings. The number of piperidine rings is 1. The van der Waals surface area contributed by atoms with Gasteiger partial charge in [0.1, 0.15) is 6.33 Å². The molecule has 0 aliphatic carbocycles. The molecule has 1 saturated heterocycles. The van der Waals surface area contributed by atoms with Gasteiger partial charge in [0.15, 0.2) is 0 Å². The standard InChI is InChI=1S/C21H27N5O4/c1-4-25(17-10-6-8-15(3)12-17)20-18(26(28)29)19(22-14-23-20)24-11-7-9-16(13-24)21(27)30-5-2/h6,8,10,12,14,16H,4-5,7,9,11,13H2,1-3H3. The average molecular weight is 413 g/mol. The summed E-state index contributed by atoms with van der Waals surface area (Å²) in [6.07, 6.45) is 2.78. The molecule has 1 aliphatic rings. The SMILES string of the molecule is CCOC(=O)C1CCCN(c2ncnc(N(CC)c3cccc(C)c3)c2[N+](=O)[O-])C1. The lowest BCUT2D eigenvalue weighted by atomic mass is 9.98. The molecule has 1 fully saturated rings. The number of aromatic nitrogens is 2. The largest absolute Gasteiger partial charge is 0.466 e. The van der Waals surface area contributed by atoms with Gasteiger partial charge in [0.25, 0.3) is 0 Å². The highest BCUT2D eigenvalue weighted by Crippen LogP contribution is 2.38. The van der Waals surface area contributed by atoms with E-state index in [1.165, 1.54) is 6.33 Å². The third kappa shape index (κ3) is 4.50. The molecule has 9 heteroatoms. The first kappa shape index (κ1) is 21.5. The zero-order chi connectivity index (χ0) is 21.7. The van der Waals surface area contributed by atoms with Gasteiger partial charge in [-0.3, -0.25) is 14.9 Å². The van der Waals surface area contributed by atoms with Crippen molar-refractivity contribution in [2.45, 2.75) is 33.6 Å². The van der Waals surface area contributed by atoms with Crippen LogP contribution in [0.5, 0.6) is 0 Å². The number of esters is 1. The Morgan fingerprint density at radius 3 is 2.83 bits per heavy atom. The molecule has 1 aromatic carbocycles. The van der Waals surface area contributed by atoms with E-state index in [9.17, 15) is 14.9 Å². The van der Waals surface area contributed by atoms with Crippen LogP contribution in [0.15, 0.2) is 30.6 Å². The molecule has 0 N–H and O–H groups in total. The molecule has 0 bridgehead atoms. The predicted molar refractivity (Wildman–Crippen MR) is 114 cm³/mol. The Balaban J connectivity index is 2.01. The van der Waals surface area contributed by atoms with Crippen molar-refractivity contribution in [1.82, 2.24) is 9.97 Å². The summed E-state index contributed by atoms with van der Waals surface area (Å²) in [5, 5.41) is 12.1. The second-order valence-corrected chi connectivity index (χ2v) is 7.25. The third-order valence-electron chi connectivity index (χ3n) is 5.19. The van der Waals surface area contributed by atoms with Crippen LogP contribution >= 0.6 is 0 Å². The van der Waals surface area contributed by atoms with Crippen molar-refractivity contribution in [3.05, 3.63) is 46.3 Å². The van der Waals surface area contributed by atoms with E-state index in [-0.39, 0.29) is 29.2 Å². The molecule has 30 heavy (non-hydrogen) atoms. The number of benzene rings is 1. The van der Waals surface area contributed by atoms with E-state index < -0.39 is 4.92 Å². The second-order valence-electron chi connectivity index (χ2n) is 7.25. The first-order valence-electron chi connectivity index (χ1n) is 10.2. The Morgan fingerprint density at radius 2 is 2.17 bits per heavy atom. The van der Waals surface area contributed by atoms with Crippen molar-refractivity contribution in [2.24, 2.45) is 5.92 Å². The van der Waals surface area contributed by atoms with Gasteiger partial charge in [-0.1, -0.05) is 12.1 Å². The number of nitro groups is 1. The first-order chi connectivity index (χ1) is 14.5. The number of nitrogens with zero attached hydrogens (tertiary/aromatic N) is 5. The minimum absolute atomic E-state index is 0.148. The smallest absolute Gasteiger partial charge is 0.353 e. The van der Waals surface area contributed by atoms with Crippen molar-refractivity contribution in [3.63, 3.8) is 0 Å². The van der Waals surface area contributed by atoms with E-state index in [1.807, 2.05) is 43.0 Å². The van der Waals surface area contributed by atoms with Crippen LogP contribution in [0.4, 0.5) is 23.0 Å². The highest BCUT2D eigenvalue weighted by Gasteiger charge is 2.34. The van der Waals surface area contributed by atoms with Crippen LogP contribution in [0.25, 0.3) is 0 Å². The molecule has 9 nitrogen and oxygen atoms in total. The van der Waals surface area contributed by atoms with Crippen LogP contribution in [0.2, 0.25) is 0 Å². The highest BCUT2D eigenvalue weighted by molar-refractivity contribution is 5.78. The number of carbonyl (C=O) groups is 1. The lowest BCUT2D eigenvalue weighted by molar-refractivity contribution is -0.383. The zero-order valence-corrected chi connectivity index (χ0v) is 17.6. The molecule has 1 aliphatic heterocycles. The van der Waals surface area contributed by atoms with Gasteiger partial charge in [0.2, 0.25) is 11.6 Å². The fourth-order valence-electron chi connectivity index (χ4n) is 3.83. The van der Waals surface area contributed by atoms with E-state index in [0.717, 1.165) is 17.7 Å². The Kier molecular flexibility index (Phi) is 6.81. The maximum atomic E-state index is 12.2. The lowest BCUT2D eigenvalue weighted by Gasteiger charge is -2.32. The van der Waals surface area contributed by atoms with Gasteiger partial charge >= 0.3 is 11.7 Å². The van der Waals surface area contributed by atoms with Gasteiger partial charge in [0.05, 0.1) is 17.4 Å². The molecule has 0 amide bonds. The van der Waals surface area contributed by atoms with Crippen LogP contribution in [0, 0.1) is 23.0 Å². The lowest BCUT2D eigenvalue weighted by Crippen LogP contribution is -2.40. The van der Waals surface area contributed by atoms with E-state index in [4.69, 9.17) is 4.74 Å². The predicted octanol–water partition coefficient (Wildman–Crippen LogP) is 3.63. The van der Waals surface area contributed by atoms with Gasteiger partial charge in [-0.15, -0.1) is 0 Å². The zero-order valence-electron chi connectivity index (χ0n) is 17.6. The van der Waals surface area contributed by atoms with Gasteiger partial charge < -0.3 is 14.5 Å². The van der Waals surface area contributed by atoms with Crippen LogP contribution in [0.3, 0.4) is 0 Å². The fraction of sp³-hybridized carbons (Fsp3) is 0.476. The number of aryl methyl sites for hydroxylation is 1. The van der Waals surface area contributed by atoms with Gasteiger partial charge in [-0.25, -0.2) is 9.97 Å². The fourth-order valence-corrected chi connectivity index (χ4v) is 3.83. The summed E-state index contributed by atoms with van der Waals surface area (Å²) < 4.78 is 5.15. The van der Waals surface area contributed by atoms with Crippen molar-refractivity contribution in [2.75, 3.05) is 36.0 Å². The van der Waals surface area contributed by atoms with Crippen LogP contribution < -0.4 is 9.80 Å². The maximum absolute atomic E-state index is 12.2. The summed E-state index contributed by atoms with van der Waals surface area (Å²) in [4.78, 5) is 36.0. The second kappa shape index (κ2) is 9.51. The molecule has 3 rings (SSSR count). The Bertz CT molecular complexity index is 920. The summed E-state index contributed by atoms with van der Waals surface area (Å²) >= 11 is 0. The van der Waals surface area contributed by atoms with Crippen molar-refractivity contribution in [1.29, 1.82) is 0 Å². The van der Waals surface area contributed by atoms with Crippen LogP contribution in [-0.4, -0.2) is 47.1 Å². The number of carbonyl (C=O) groups excluding carboxylic acids is 1. The molecule has 0 spiro atoms. The molecule has 160 valence electrons. The van der Waals surface area contributed by atoms with Crippen molar-refractivity contribution < 1.29 is 14.5 Å². The summed E-state index contributed by atoms with van der Waals surface area (Å²) in [5.74, 6) is -0.105. The Hall–Kier alpha value is -3.23. The van der Waals surface area contributed by atoms with Crippen LogP contribution in [-0.2, 0) is 9.53 Å². The summed E-state index contributed by atoms with van der Waals surface area (Å²) in [6.45, 7) is 7.41. The van der Waals surface area contributed by atoms with Crippen molar-refractivity contribution >= 4 is 29.0 Å². The number of ether oxygens (including phenoxy) is 1. The number of hydrogen-bond acceptors (Lipinski definition) is 8. The average Bonchev–Trinajstić information content (AvgIpc) is 2.74. The molecule has 0 radical (unpaired) electrons. The monoisotopic (exact) mass is 413 g/mol. The minimum Gasteiger partial charge on any atom is -0.466 e. The number of anilines is 3. The maximum Gasteiger partial charge on any atom is 0.353 e. The molecular formula is C21H27N5O4. The number of rotatable bonds is 7. The van der Waals surface area contributed by atoms with E-state index in [2.05, 4.69) is 9.97 Å². The van der Waals surface area contributed by atoms with Gasteiger partial charge in [0, 0.05) is 25.3 Å². The summed E-state index contributed by atoms with van der Waals surface area (Å²) in [6, 6.07) is 7.75. The van der Waals surface area contributed by atoms with E-state index in [1.54, 1.807) is 11.8 Å². The van der Waals surface area contributed by atoms with E-state index >= 15 is 0 Å². The summed E-state index contributed by atoms with van der Waals surface area (Å²) in [7, 11) is 0. The molecule has 1 aromatic heterocycles. The normalized spacial score (nSPS) is 16.2. The Labute approximate surface area is 175 Å². The third-order valence-corrected chi connectivity index (χ3v) is 5.19. The van der Waals surface area contributed by atoms with Crippen LogP contribution in [0.1, 0.15) is 32.3 Å². The molecular weight excluding hydrogens is 386 g/mol. The molecule has 0 saturated carbocycles. The van der Waals surface area contributed by atoms with Gasteiger partial charge in [-0.05, 0) is 51.3 Å². The topological polar surface area (TPSA) is 102 Å². The van der Waals surface area contributed by atoms with Gasteiger partial charge in [-0.2, -0.15) is 0 Å². The quantitative estimate of drug-likeness (QED) is 0.385. The van der Waals surface area contributed by atoms with Crippen molar-refractivity contribution in [3.8, 4) is 0 Å². The Morgan fingerprint density at radius 1 is 1.37 bits per heavy atom. The first-order valence-corrected chi connectivity index (χ1v) is 10.2. The summed E-state index contributed by atoms with van der Waals surface area (Å²) in [5.41, 5.74) is 1.73. The minimum atomic E-state index is -0.433. The molecule has 2 heterocycles.